The molecule has 96 valence electrons. The molecule has 0 aliphatic heterocycles. The number of nitriles is 1. The standard InChI is InChI=1S/C10H7F3N2O2S/c11-10(12,13)18-8-2-5(3-14)7(9(16)17)1-6(8)4-15/h1-2H,3,14H2,(H,16,17). The second-order valence-electron chi connectivity index (χ2n) is 3.17. The minimum atomic E-state index is -4.55. The topological polar surface area (TPSA) is 87.1 Å². The van der Waals surface area contributed by atoms with Gasteiger partial charge in [-0.3, -0.25) is 0 Å². The zero-order valence-corrected chi connectivity index (χ0v) is 9.60. The number of benzene rings is 1. The Morgan fingerprint density at radius 2 is 2.11 bits per heavy atom. The third-order valence-corrected chi connectivity index (χ3v) is 2.79. The molecular formula is C10H7F3N2O2S. The number of alkyl halides is 3. The third-order valence-electron chi connectivity index (χ3n) is 2.00. The summed E-state index contributed by atoms with van der Waals surface area (Å²) in [5.74, 6) is -1.34. The number of halogens is 3. The minimum absolute atomic E-state index is 0.0493. The lowest BCUT2D eigenvalue weighted by Crippen LogP contribution is -2.09. The van der Waals surface area contributed by atoms with E-state index in [-0.39, 0.29) is 28.1 Å². The summed E-state index contributed by atoms with van der Waals surface area (Å²) in [7, 11) is 0. The Labute approximate surface area is 104 Å². The van der Waals surface area contributed by atoms with Gasteiger partial charge in [0.1, 0.15) is 6.07 Å². The second kappa shape index (κ2) is 5.29. The van der Waals surface area contributed by atoms with Crippen molar-refractivity contribution in [2.24, 2.45) is 5.73 Å². The highest BCUT2D eigenvalue weighted by molar-refractivity contribution is 8.00. The highest BCUT2D eigenvalue weighted by Gasteiger charge is 2.31. The maximum atomic E-state index is 12.3. The molecule has 1 rings (SSSR count). The second-order valence-corrected chi connectivity index (χ2v) is 4.28. The van der Waals surface area contributed by atoms with Crippen LogP contribution < -0.4 is 5.73 Å². The molecule has 1 aromatic carbocycles. The Kier molecular flexibility index (Phi) is 4.21. The van der Waals surface area contributed by atoms with Crippen LogP contribution in [0.25, 0.3) is 0 Å². The number of thioether (sulfide) groups is 1. The van der Waals surface area contributed by atoms with Crippen LogP contribution in [0.15, 0.2) is 17.0 Å². The first-order chi connectivity index (χ1) is 8.28. The van der Waals surface area contributed by atoms with Crippen LogP contribution in [0, 0.1) is 11.3 Å². The molecule has 0 unspecified atom stereocenters. The summed E-state index contributed by atoms with van der Waals surface area (Å²) in [6.07, 6.45) is 0. The SMILES string of the molecule is N#Cc1cc(C(=O)O)c(CN)cc1SC(F)(F)F. The van der Waals surface area contributed by atoms with Crippen molar-refractivity contribution < 1.29 is 23.1 Å². The maximum absolute atomic E-state index is 12.3. The van der Waals surface area contributed by atoms with Gasteiger partial charge in [0.25, 0.3) is 0 Å². The molecule has 3 N–H and O–H groups in total. The first-order valence-corrected chi connectivity index (χ1v) is 5.36. The van der Waals surface area contributed by atoms with Gasteiger partial charge in [0.05, 0.1) is 11.1 Å². The Balaban J connectivity index is 3.37. The Morgan fingerprint density at radius 1 is 1.50 bits per heavy atom. The number of carboxylic acid groups (broad SMARTS) is 1. The van der Waals surface area contributed by atoms with Crippen LogP contribution in [0.1, 0.15) is 21.5 Å². The quantitative estimate of drug-likeness (QED) is 0.827. The number of nitrogens with zero attached hydrogens (tertiary/aromatic N) is 1. The average molecular weight is 276 g/mol. The molecule has 1 aromatic rings. The monoisotopic (exact) mass is 276 g/mol. The smallest absolute Gasteiger partial charge is 0.446 e. The largest absolute Gasteiger partial charge is 0.478 e. The van der Waals surface area contributed by atoms with E-state index in [4.69, 9.17) is 16.1 Å². The molecule has 0 bridgehead atoms. The lowest BCUT2D eigenvalue weighted by molar-refractivity contribution is -0.0328. The molecular weight excluding hydrogens is 269 g/mol. The fourth-order valence-electron chi connectivity index (χ4n) is 1.29. The summed E-state index contributed by atoms with van der Waals surface area (Å²) < 4.78 is 36.8. The van der Waals surface area contributed by atoms with E-state index in [2.05, 4.69) is 0 Å². The minimum Gasteiger partial charge on any atom is -0.478 e. The van der Waals surface area contributed by atoms with Crippen LogP contribution in [0.2, 0.25) is 0 Å². The molecule has 0 spiro atoms. The number of carbonyl (C=O) groups is 1. The summed E-state index contributed by atoms with van der Waals surface area (Å²) >= 11 is -0.469. The highest BCUT2D eigenvalue weighted by atomic mass is 32.2. The molecule has 0 saturated heterocycles. The van der Waals surface area contributed by atoms with Gasteiger partial charge in [-0.2, -0.15) is 18.4 Å². The molecule has 18 heavy (non-hydrogen) atoms. The molecule has 0 aliphatic carbocycles. The van der Waals surface area contributed by atoms with E-state index < -0.39 is 23.2 Å². The molecule has 0 aromatic heterocycles. The molecule has 8 heteroatoms. The zero-order chi connectivity index (χ0) is 13.9. The third kappa shape index (κ3) is 3.38. The molecule has 0 saturated carbocycles. The van der Waals surface area contributed by atoms with Gasteiger partial charge in [-0.15, -0.1) is 0 Å². The number of hydrogen-bond donors (Lipinski definition) is 2. The summed E-state index contributed by atoms with van der Waals surface area (Å²) in [5, 5.41) is 17.6. The Morgan fingerprint density at radius 3 is 2.50 bits per heavy atom. The van der Waals surface area contributed by atoms with Crippen molar-refractivity contribution in [1.29, 1.82) is 5.26 Å². The van der Waals surface area contributed by atoms with Gasteiger partial charge in [-0.25, -0.2) is 4.79 Å². The zero-order valence-electron chi connectivity index (χ0n) is 8.78. The predicted molar refractivity (Wildman–Crippen MR) is 57.9 cm³/mol. The molecule has 0 atom stereocenters. The molecule has 0 heterocycles. The van der Waals surface area contributed by atoms with Crippen molar-refractivity contribution in [2.75, 3.05) is 0 Å². The maximum Gasteiger partial charge on any atom is 0.446 e. The van der Waals surface area contributed by atoms with Crippen molar-refractivity contribution in [3.63, 3.8) is 0 Å². The Bertz CT molecular complexity index is 523. The van der Waals surface area contributed by atoms with Crippen molar-refractivity contribution in [2.45, 2.75) is 16.9 Å². The van der Waals surface area contributed by atoms with Crippen LogP contribution in [0.4, 0.5) is 13.2 Å². The summed E-state index contributed by atoms with van der Waals surface area (Å²) in [6.45, 7) is -0.223. The summed E-state index contributed by atoms with van der Waals surface area (Å²) in [6, 6.07) is 3.43. The number of aromatic carboxylic acids is 1. The number of hydrogen-bond acceptors (Lipinski definition) is 4. The van der Waals surface area contributed by atoms with Crippen LogP contribution >= 0.6 is 11.8 Å². The van der Waals surface area contributed by atoms with E-state index in [1.54, 1.807) is 0 Å². The van der Waals surface area contributed by atoms with Gasteiger partial charge < -0.3 is 10.8 Å². The van der Waals surface area contributed by atoms with E-state index >= 15 is 0 Å². The lowest BCUT2D eigenvalue weighted by Gasteiger charge is -2.11. The highest BCUT2D eigenvalue weighted by Crippen LogP contribution is 2.39. The summed E-state index contributed by atoms with van der Waals surface area (Å²) in [4.78, 5) is 10.5. The normalized spacial score (nSPS) is 11.1. The van der Waals surface area contributed by atoms with Gasteiger partial charge in [0.2, 0.25) is 0 Å². The van der Waals surface area contributed by atoms with E-state index in [1.807, 2.05) is 0 Å². The van der Waals surface area contributed by atoms with Gasteiger partial charge in [-0.05, 0) is 29.5 Å². The number of nitrogens with two attached hydrogens (primary N) is 1. The van der Waals surface area contributed by atoms with Gasteiger partial charge in [-0.1, -0.05) is 0 Å². The molecule has 0 fully saturated rings. The first-order valence-electron chi connectivity index (χ1n) is 4.54. The van der Waals surface area contributed by atoms with E-state index in [9.17, 15) is 18.0 Å². The van der Waals surface area contributed by atoms with Crippen molar-refractivity contribution in [3.8, 4) is 6.07 Å². The predicted octanol–water partition coefficient (Wildman–Crippen LogP) is 2.33. The average Bonchev–Trinajstić information content (AvgIpc) is 2.25. The van der Waals surface area contributed by atoms with E-state index in [0.29, 0.717) is 0 Å². The van der Waals surface area contributed by atoms with Crippen LogP contribution in [0.3, 0.4) is 0 Å². The van der Waals surface area contributed by atoms with E-state index in [1.165, 1.54) is 6.07 Å². The number of rotatable bonds is 3. The van der Waals surface area contributed by atoms with Gasteiger partial charge >= 0.3 is 11.5 Å². The summed E-state index contributed by atoms with van der Waals surface area (Å²) in [5.41, 5.74) is 0.168. The molecule has 0 aliphatic rings. The Hall–Kier alpha value is -1.72. The fraction of sp³-hybridized carbons (Fsp3) is 0.200. The lowest BCUT2D eigenvalue weighted by atomic mass is 10.0. The van der Waals surface area contributed by atoms with Crippen LogP contribution in [-0.4, -0.2) is 16.6 Å². The van der Waals surface area contributed by atoms with Crippen molar-refractivity contribution in [3.05, 3.63) is 28.8 Å². The van der Waals surface area contributed by atoms with Crippen LogP contribution in [-0.2, 0) is 6.54 Å². The molecule has 0 amide bonds. The number of carboxylic acids is 1. The van der Waals surface area contributed by atoms with Gasteiger partial charge in [0.15, 0.2) is 0 Å². The molecule has 4 nitrogen and oxygen atoms in total. The van der Waals surface area contributed by atoms with Crippen molar-refractivity contribution in [1.82, 2.24) is 0 Å². The van der Waals surface area contributed by atoms with E-state index in [0.717, 1.165) is 12.1 Å². The van der Waals surface area contributed by atoms with Crippen LogP contribution in [0.5, 0.6) is 0 Å². The van der Waals surface area contributed by atoms with Crippen molar-refractivity contribution >= 4 is 17.7 Å². The van der Waals surface area contributed by atoms with Gasteiger partial charge in [0, 0.05) is 11.4 Å². The first kappa shape index (κ1) is 14.3. The fourth-order valence-corrected chi connectivity index (χ4v) is 1.95. The molecule has 0 radical (unpaired) electrons.